The number of hydrogen-bond acceptors (Lipinski definition) is 16. The highest BCUT2D eigenvalue weighted by atomic mass is 31.2. The van der Waals surface area contributed by atoms with E-state index in [0.29, 0.717) is 84.8 Å². The highest BCUT2D eigenvalue weighted by molar-refractivity contribution is 7.54. The third-order valence-corrected chi connectivity index (χ3v) is 16.0. The molecule has 3 N–H and O–H groups in total. The van der Waals surface area contributed by atoms with E-state index in [4.69, 9.17) is 24.2 Å². The van der Waals surface area contributed by atoms with Crippen molar-refractivity contribution in [3.63, 3.8) is 0 Å². The van der Waals surface area contributed by atoms with E-state index in [-0.39, 0.29) is 43.8 Å². The Kier molecular flexibility index (Phi) is 21.6. The quantitative estimate of drug-likeness (QED) is 0.0268. The molecule has 8 bridgehead atoms. The summed E-state index contributed by atoms with van der Waals surface area (Å²) in [6.07, 6.45) is -7.48. The van der Waals surface area contributed by atoms with Crippen LogP contribution in [0.2, 0.25) is 0 Å². The molecule has 4 aliphatic rings. The molecule has 7 heterocycles. The number of likely N-dealkylation sites (N-methyl/N-ethyl adjacent to an activating group) is 1. The first kappa shape index (κ1) is 66.2. The van der Waals surface area contributed by atoms with Gasteiger partial charge in [0.1, 0.15) is 11.8 Å². The van der Waals surface area contributed by atoms with Crippen molar-refractivity contribution in [2.24, 2.45) is 0 Å². The monoisotopic (exact) mass is 1210 g/mol. The van der Waals surface area contributed by atoms with Crippen LogP contribution in [0.5, 0.6) is 0 Å². The summed E-state index contributed by atoms with van der Waals surface area (Å²) in [5.74, 6) is -3.44. The fraction of sp³-hybridized carbons (Fsp3) is 0.536. The number of ether oxygens (including phenoxy) is 4. The van der Waals surface area contributed by atoms with E-state index in [1.54, 1.807) is 38.8 Å². The number of aromatic amines is 2. The molecule has 0 unspecified atom stereocenters. The Bertz CT molecular complexity index is 3270. The van der Waals surface area contributed by atoms with Gasteiger partial charge in [-0.25, -0.2) is 14.6 Å². The fourth-order valence-electron chi connectivity index (χ4n) is 9.78. The number of carbonyl (C=O) groups is 6. The summed E-state index contributed by atoms with van der Waals surface area (Å²) in [6.45, 7) is 14.9. The van der Waals surface area contributed by atoms with Gasteiger partial charge in [-0.05, 0) is 101 Å². The molecule has 1 fully saturated rings. The summed E-state index contributed by atoms with van der Waals surface area (Å²) in [7, 11) is -1.06. The van der Waals surface area contributed by atoms with Crippen molar-refractivity contribution < 1.29 is 87.7 Å². The smallest absolute Gasteiger partial charge is 0.412 e. The number of esters is 2. The van der Waals surface area contributed by atoms with Crippen LogP contribution in [0.1, 0.15) is 133 Å². The van der Waals surface area contributed by atoms with Gasteiger partial charge in [0, 0.05) is 98.5 Å². The molecule has 2 atom stereocenters. The summed E-state index contributed by atoms with van der Waals surface area (Å²) in [5.41, 5.74) is 9.66. The first-order valence-corrected chi connectivity index (χ1v) is 28.7. The number of halogens is 6. The van der Waals surface area contributed by atoms with Gasteiger partial charge in [-0.3, -0.25) is 47.6 Å². The maximum absolute atomic E-state index is 15.1. The van der Waals surface area contributed by atoms with E-state index in [2.05, 4.69) is 40.9 Å². The number of carbonyl (C=O) groups excluding carboxylic acids is 6. The van der Waals surface area contributed by atoms with Crippen LogP contribution in [0.25, 0.3) is 39.3 Å². The van der Waals surface area contributed by atoms with E-state index >= 15 is 4.79 Å². The average molecular weight is 1210 g/mol. The van der Waals surface area contributed by atoms with Gasteiger partial charge in [0.05, 0.1) is 61.2 Å². The summed E-state index contributed by atoms with van der Waals surface area (Å²) in [5, 5.41) is 2.71. The Morgan fingerprint density at radius 2 is 1.48 bits per heavy atom. The number of morpholine rings is 1. The zero-order chi connectivity index (χ0) is 62.2. The molecule has 0 spiro atoms. The first-order valence-electron chi connectivity index (χ1n) is 27.0. The Hall–Kier alpha value is -6.93. The lowest BCUT2D eigenvalue weighted by atomic mass is 9.84. The molecule has 3 aromatic rings. The van der Waals surface area contributed by atoms with Crippen molar-refractivity contribution in [2.75, 3.05) is 93.1 Å². The molecule has 4 amide bonds. The maximum Gasteiger partial charge on any atom is 0.412 e. The third-order valence-electron chi connectivity index (χ3n) is 14.3. The molecule has 0 aliphatic carbocycles. The Labute approximate surface area is 481 Å². The molecule has 0 aromatic carbocycles. The zero-order valence-electron chi connectivity index (χ0n) is 48.7. The zero-order valence-corrected chi connectivity index (χ0v) is 49.6. The van der Waals surface area contributed by atoms with Gasteiger partial charge in [-0.2, -0.15) is 26.3 Å². The Morgan fingerprint density at radius 1 is 0.857 bits per heavy atom. The van der Waals surface area contributed by atoms with Gasteiger partial charge in [-0.15, -0.1) is 0 Å². The first-order chi connectivity index (χ1) is 39.3. The third kappa shape index (κ3) is 16.9. The number of allylic oxidation sites excluding steroid dienone is 2. The minimum absolute atomic E-state index is 0.133. The lowest BCUT2D eigenvalue weighted by Crippen LogP contribution is -2.47. The molecule has 28 heteroatoms. The van der Waals surface area contributed by atoms with E-state index < -0.39 is 74.8 Å². The number of alkyl carbamates (subject to hydrolysis) is 1. The van der Waals surface area contributed by atoms with Gasteiger partial charge in [0.2, 0.25) is 5.91 Å². The molecule has 4 aliphatic heterocycles. The lowest BCUT2D eigenvalue weighted by molar-refractivity contribution is -0.166. The molecule has 7 rings (SSSR count). The van der Waals surface area contributed by atoms with Crippen LogP contribution in [0, 0.1) is 13.8 Å². The van der Waals surface area contributed by atoms with Crippen LogP contribution in [-0.4, -0.2) is 181 Å². The van der Waals surface area contributed by atoms with Gasteiger partial charge in [0.15, 0.2) is 13.2 Å². The van der Waals surface area contributed by atoms with Gasteiger partial charge < -0.3 is 39.1 Å². The van der Waals surface area contributed by atoms with E-state index in [0.717, 1.165) is 51.8 Å². The second-order valence-electron chi connectivity index (χ2n) is 21.3. The van der Waals surface area contributed by atoms with Crippen molar-refractivity contribution in [3.05, 3.63) is 74.9 Å². The number of methoxy groups -OCH3 is 2. The van der Waals surface area contributed by atoms with Crippen molar-refractivity contribution in [3.8, 4) is 0 Å². The van der Waals surface area contributed by atoms with Crippen LogP contribution >= 0.6 is 7.60 Å². The number of aryl methyl sites for hydroxylation is 2. The van der Waals surface area contributed by atoms with Gasteiger partial charge in [-0.1, -0.05) is 13.8 Å². The number of aromatic nitrogens is 4. The number of nitrogens with one attached hydrogen (secondary N) is 3. The Balaban J connectivity index is 0.000000510. The number of alkyl halides is 6. The van der Waals surface area contributed by atoms with Crippen molar-refractivity contribution in [1.82, 2.24) is 40.0 Å². The van der Waals surface area contributed by atoms with Crippen molar-refractivity contribution >= 4 is 82.6 Å². The highest BCUT2D eigenvalue weighted by Crippen LogP contribution is 2.50. The molecule has 460 valence electrons. The van der Waals surface area contributed by atoms with Crippen LogP contribution in [0.4, 0.5) is 31.1 Å². The van der Waals surface area contributed by atoms with Crippen molar-refractivity contribution in [2.45, 2.75) is 104 Å². The molecule has 1 saturated heterocycles. The molecule has 3 aromatic heterocycles. The summed E-state index contributed by atoms with van der Waals surface area (Å²) >= 11 is 0. The van der Waals surface area contributed by atoms with E-state index in [9.17, 15) is 54.9 Å². The number of H-pyrrole nitrogens is 2. The van der Waals surface area contributed by atoms with Crippen LogP contribution in [0.15, 0.2) is 24.3 Å². The minimum Gasteiger partial charge on any atom is -0.469 e. The maximum atomic E-state index is 15.1. The minimum atomic E-state index is -4.94. The average Bonchev–Trinajstić information content (AvgIpc) is 1.64. The molecular formula is C56H71F6N8O13P. The topological polar surface area (TPSA) is 254 Å². The number of amides is 4. The SMILES string of the molecule is CCC1=C(C)c2cc3[nH]c(cc4nc(c5c6[nH]c(cc1n2)c(C)c6C(=O)N(CCN1CCOCC1)C5=O)[C@@H](CCC(=O)N(C)CCNC(=O)OC(C)(C)C)[C@@H]4C)c(C)c3/C=C\C(=O)OC.COC(=O)CP(=O)(OCC(F)(F)F)OCC(F)(F)F. The number of nitrogens with zero attached hydrogens (tertiary/aromatic N) is 5. The number of fused-ring (bicyclic) bond motifs is 8. The lowest BCUT2D eigenvalue weighted by Gasteiger charge is -2.31. The number of hydrogen-bond donors (Lipinski definition) is 3. The normalized spacial score (nSPS) is 16.8. The van der Waals surface area contributed by atoms with Gasteiger partial charge >= 0.3 is 38.0 Å². The summed E-state index contributed by atoms with van der Waals surface area (Å²) < 4.78 is 110. The van der Waals surface area contributed by atoms with Crippen LogP contribution in [-0.2, 0) is 46.9 Å². The highest BCUT2D eigenvalue weighted by Gasteiger charge is 2.43. The summed E-state index contributed by atoms with van der Waals surface area (Å²) in [4.78, 5) is 102. The van der Waals surface area contributed by atoms with E-state index in [1.807, 2.05) is 45.9 Å². The predicted molar refractivity (Wildman–Crippen MR) is 298 cm³/mol. The van der Waals surface area contributed by atoms with Crippen LogP contribution < -0.4 is 5.32 Å². The summed E-state index contributed by atoms with van der Waals surface area (Å²) in [6, 6.07) is 5.91. The number of imide groups is 1. The molecular weight excluding hydrogens is 1140 g/mol. The molecule has 21 nitrogen and oxygen atoms in total. The molecule has 0 saturated carbocycles. The molecule has 84 heavy (non-hydrogen) atoms. The van der Waals surface area contributed by atoms with Crippen LogP contribution in [0.3, 0.4) is 0 Å². The van der Waals surface area contributed by atoms with Gasteiger partial charge in [0.25, 0.3) is 11.8 Å². The Morgan fingerprint density at radius 3 is 2.07 bits per heavy atom. The standard InChI is InChI=1S/C49H62N8O8.C7H9F6O5P/c1-11-31-27(2)35-25-39-32(13-15-41(59)63-10)28(3)34(52-39)24-36-29(4)33(12-14-40(58)55(9)17-16-50-48(62)65-49(6,7)8)44(53-36)43-45-42(30(5)37(54-45)26-38(31)51-35)46(60)57(47(43)61)19-18-56-20-22-64-23-21-56;1-16-5(14)2-19(15,17-3-6(8,9)10)18-4-7(11,12)13/h13,15,24-26,29,33,52,54H,11-12,14,16-23H2,1-10H3,(H,50,62);2-4H2,1H3/b15-13-,34-24?,35-25?,36-24?,37-26?,38-26?,39-25?,44-43?;/t29-,33-;/m0./s1. The molecule has 0 radical (unpaired) electrons. The second-order valence-corrected chi connectivity index (χ2v) is 23.4. The largest absolute Gasteiger partial charge is 0.469 e. The second kappa shape index (κ2) is 27.4. The predicted octanol–water partition coefficient (Wildman–Crippen LogP) is 9.55. The van der Waals surface area contributed by atoms with Crippen molar-refractivity contribution in [1.29, 1.82) is 0 Å². The fourth-order valence-corrected chi connectivity index (χ4v) is 11.2. The number of rotatable bonds is 18. The van der Waals surface area contributed by atoms with E-state index in [1.165, 1.54) is 18.1 Å².